The van der Waals surface area contributed by atoms with Gasteiger partial charge in [-0.3, -0.25) is 4.79 Å². The van der Waals surface area contributed by atoms with E-state index in [0.717, 1.165) is 25.7 Å². The van der Waals surface area contributed by atoms with Gasteiger partial charge in [0, 0.05) is 18.0 Å². The lowest BCUT2D eigenvalue weighted by Gasteiger charge is -2.34. The number of nitrogens with one attached hydrogen (secondary N) is 1. The van der Waals surface area contributed by atoms with Crippen LogP contribution in [0.2, 0.25) is 0 Å². The molecule has 5 atom stereocenters. The minimum Gasteiger partial charge on any atom is -0.353 e. The SMILES string of the molecule is CC1CCCC1NC(=O)C1CCCC(N)C1C. The summed E-state index contributed by atoms with van der Waals surface area (Å²) in [5, 5.41) is 3.25. The van der Waals surface area contributed by atoms with Gasteiger partial charge in [0.05, 0.1) is 0 Å². The minimum atomic E-state index is 0.145. The molecule has 0 spiro atoms. The molecule has 0 bridgehead atoms. The molecule has 0 aromatic heterocycles. The maximum atomic E-state index is 12.3. The maximum absolute atomic E-state index is 12.3. The predicted molar refractivity (Wildman–Crippen MR) is 69.4 cm³/mol. The van der Waals surface area contributed by atoms with Crippen molar-refractivity contribution in [2.24, 2.45) is 23.5 Å². The third-order valence-corrected chi connectivity index (χ3v) is 4.89. The standard InChI is InChI=1S/C14H26N2O/c1-9-5-3-8-13(9)16-14(17)11-6-4-7-12(15)10(11)2/h9-13H,3-8,15H2,1-2H3,(H,16,17). The van der Waals surface area contributed by atoms with Gasteiger partial charge in [0.2, 0.25) is 5.91 Å². The molecule has 17 heavy (non-hydrogen) atoms. The zero-order chi connectivity index (χ0) is 12.4. The van der Waals surface area contributed by atoms with Gasteiger partial charge in [0.15, 0.2) is 0 Å². The van der Waals surface area contributed by atoms with E-state index < -0.39 is 0 Å². The van der Waals surface area contributed by atoms with Gasteiger partial charge in [-0.15, -0.1) is 0 Å². The average molecular weight is 238 g/mol. The van der Waals surface area contributed by atoms with Crippen molar-refractivity contribution in [3.05, 3.63) is 0 Å². The number of carbonyl (C=O) groups excluding carboxylic acids is 1. The molecule has 5 unspecified atom stereocenters. The van der Waals surface area contributed by atoms with E-state index in [1.807, 2.05) is 0 Å². The van der Waals surface area contributed by atoms with Crippen LogP contribution < -0.4 is 11.1 Å². The fraction of sp³-hybridized carbons (Fsp3) is 0.929. The van der Waals surface area contributed by atoms with Crippen LogP contribution in [0.4, 0.5) is 0 Å². The molecule has 2 rings (SSSR count). The van der Waals surface area contributed by atoms with E-state index in [1.165, 1.54) is 12.8 Å². The Bertz CT molecular complexity index is 279. The Morgan fingerprint density at radius 1 is 1.12 bits per heavy atom. The topological polar surface area (TPSA) is 55.1 Å². The van der Waals surface area contributed by atoms with Crippen molar-refractivity contribution in [3.63, 3.8) is 0 Å². The van der Waals surface area contributed by atoms with Gasteiger partial charge in [0.1, 0.15) is 0 Å². The fourth-order valence-electron chi connectivity index (χ4n) is 3.42. The highest BCUT2D eigenvalue weighted by Crippen LogP contribution is 2.30. The molecule has 2 saturated carbocycles. The van der Waals surface area contributed by atoms with Crippen LogP contribution in [0.15, 0.2) is 0 Å². The third kappa shape index (κ3) is 2.82. The molecule has 0 aromatic carbocycles. The first kappa shape index (κ1) is 12.9. The molecule has 98 valence electrons. The van der Waals surface area contributed by atoms with Crippen LogP contribution >= 0.6 is 0 Å². The second-order valence-corrected chi connectivity index (χ2v) is 6.08. The Morgan fingerprint density at radius 3 is 2.47 bits per heavy atom. The second kappa shape index (κ2) is 5.38. The molecule has 3 heteroatoms. The van der Waals surface area contributed by atoms with Crippen molar-refractivity contribution in [1.29, 1.82) is 0 Å². The molecule has 1 amide bonds. The molecular formula is C14H26N2O. The zero-order valence-corrected chi connectivity index (χ0v) is 11.1. The average Bonchev–Trinajstić information content (AvgIpc) is 2.68. The van der Waals surface area contributed by atoms with Crippen molar-refractivity contribution < 1.29 is 4.79 Å². The Hall–Kier alpha value is -0.570. The van der Waals surface area contributed by atoms with Gasteiger partial charge in [-0.2, -0.15) is 0 Å². The molecule has 0 saturated heterocycles. The number of nitrogens with two attached hydrogens (primary N) is 1. The summed E-state index contributed by atoms with van der Waals surface area (Å²) in [5.74, 6) is 1.38. The Morgan fingerprint density at radius 2 is 1.82 bits per heavy atom. The molecule has 0 heterocycles. The van der Waals surface area contributed by atoms with Crippen molar-refractivity contribution in [2.45, 2.75) is 64.5 Å². The van der Waals surface area contributed by atoms with Crippen LogP contribution in [0.5, 0.6) is 0 Å². The summed E-state index contributed by atoms with van der Waals surface area (Å²) in [6.45, 7) is 4.38. The largest absolute Gasteiger partial charge is 0.353 e. The smallest absolute Gasteiger partial charge is 0.223 e. The quantitative estimate of drug-likeness (QED) is 0.773. The molecule has 2 aliphatic carbocycles. The first-order valence-electron chi connectivity index (χ1n) is 7.15. The van der Waals surface area contributed by atoms with Crippen LogP contribution in [0.25, 0.3) is 0 Å². The van der Waals surface area contributed by atoms with Gasteiger partial charge in [-0.1, -0.05) is 26.7 Å². The third-order valence-electron chi connectivity index (χ3n) is 4.89. The maximum Gasteiger partial charge on any atom is 0.223 e. The van der Waals surface area contributed by atoms with Gasteiger partial charge < -0.3 is 11.1 Å². The Kier molecular flexibility index (Phi) is 4.08. The molecule has 0 radical (unpaired) electrons. The summed E-state index contributed by atoms with van der Waals surface area (Å²) < 4.78 is 0. The molecule has 0 aliphatic heterocycles. The van der Waals surface area contributed by atoms with E-state index in [9.17, 15) is 4.79 Å². The van der Waals surface area contributed by atoms with E-state index in [0.29, 0.717) is 17.9 Å². The highest BCUT2D eigenvalue weighted by atomic mass is 16.2. The lowest BCUT2D eigenvalue weighted by Crippen LogP contribution is -2.47. The Labute approximate surface area is 105 Å². The summed E-state index contributed by atoms with van der Waals surface area (Å²) >= 11 is 0. The molecule has 2 fully saturated rings. The van der Waals surface area contributed by atoms with Crippen LogP contribution in [0.3, 0.4) is 0 Å². The summed E-state index contributed by atoms with van der Waals surface area (Å²) in [6.07, 6.45) is 6.85. The summed E-state index contributed by atoms with van der Waals surface area (Å²) in [6, 6.07) is 0.619. The van der Waals surface area contributed by atoms with E-state index in [-0.39, 0.29) is 17.9 Å². The Balaban J connectivity index is 1.90. The predicted octanol–water partition coefficient (Wildman–Crippen LogP) is 2.05. The second-order valence-electron chi connectivity index (χ2n) is 6.08. The summed E-state index contributed by atoms with van der Waals surface area (Å²) in [5.41, 5.74) is 6.06. The van der Waals surface area contributed by atoms with E-state index in [2.05, 4.69) is 19.2 Å². The monoisotopic (exact) mass is 238 g/mol. The molecule has 3 nitrogen and oxygen atoms in total. The lowest BCUT2D eigenvalue weighted by atomic mass is 9.76. The highest BCUT2D eigenvalue weighted by Gasteiger charge is 2.34. The molecular weight excluding hydrogens is 212 g/mol. The van der Waals surface area contributed by atoms with Crippen molar-refractivity contribution in [2.75, 3.05) is 0 Å². The summed E-state index contributed by atoms with van der Waals surface area (Å²) in [7, 11) is 0. The fourth-order valence-corrected chi connectivity index (χ4v) is 3.42. The van der Waals surface area contributed by atoms with E-state index in [4.69, 9.17) is 5.73 Å². The number of hydrogen-bond acceptors (Lipinski definition) is 2. The van der Waals surface area contributed by atoms with Gasteiger partial charge >= 0.3 is 0 Å². The first-order chi connectivity index (χ1) is 8.09. The minimum absolute atomic E-state index is 0.145. The van der Waals surface area contributed by atoms with Gasteiger partial charge in [-0.05, 0) is 37.5 Å². The van der Waals surface area contributed by atoms with Crippen molar-refractivity contribution in [1.82, 2.24) is 5.32 Å². The molecule has 3 N–H and O–H groups in total. The number of hydrogen-bond donors (Lipinski definition) is 2. The van der Waals surface area contributed by atoms with Crippen LogP contribution in [-0.4, -0.2) is 18.0 Å². The number of rotatable bonds is 2. The normalized spacial score (nSPS) is 42.4. The van der Waals surface area contributed by atoms with Crippen LogP contribution in [-0.2, 0) is 4.79 Å². The van der Waals surface area contributed by atoms with E-state index in [1.54, 1.807) is 0 Å². The molecule has 2 aliphatic rings. The zero-order valence-electron chi connectivity index (χ0n) is 11.1. The first-order valence-corrected chi connectivity index (χ1v) is 7.15. The van der Waals surface area contributed by atoms with Crippen molar-refractivity contribution >= 4 is 5.91 Å². The number of carbonyl (C=O) groups is 1. The highest BCUT2D eigenvalue weighted by molar-refractivity contribution is 5.79. The van der Waals surface area contributed by atoms with Crippen LogP contribution in [0, 0.1) is 17.8 Å². The molecule has 0 aromatic rings. The van der Waals surface area contributed by atoms with E-state index >= 15 is 0 Å². The van der Waals surface area contributed by atoms with Gasteiger partial charge in [-0.25, -0.2) is 0 Å². The van der Waals surface area contributed by atoms with Crippen LogP contribution in [0.1, 0.15) is 52.4 Å². The van der Waals surface area contributed by atoms with Crippen molar-refractivity contribution in [3.8, 4) is 0 Å². The van der Waals surface area contributed by atoms with Gasteiger partial charge in [0.25, 0.3) is 0 Å². The lowest BCUT2D eigenvalue weighted by molar-refractivity contribution is -0.128. The number of amides is 1. The summed E-state index contributed by atoms with van der Waals surface area (Å²) in [4.78, 5) is 12.3.